The quantitative estimate of drug-likeness (QED) is 0.771. The van der Waals surface area contributed by atoms with E-state index in [1.54, 1.807) is 19.2 Å². The smallest absolute Gasteiger partial charge is 0.270 e. The molecule has 31 heavy (non-hydrogen) atoms. The number of benzene rings is 2. The molecule has 0 radical (unpaired) electrons. The first kappa shape index (κ1) is 20.7. The van der Waals surface area contributed by atoms with E-state index in [2.05, 4.69) is 5.10 Å². The molecule has 2 amide bonds. The van der Waals surface area contributed by atoms with Gasteiger partial charge in [-0.1, -0.05) is 18.2 Å². The predicted molar refractivity (Wildman–Crippen MR) is 117 cm³/mol. The Morgan fingerprint density at radius 1 is 1.10 bits per heavy atom. The minimum absolute atomic E-state index is 0.155. The van der Waals surface area contributed by atoms with Crippen molar-refractivity contribution in [2.75, 3.05) is 25.8 Å². The minimum Gasteiger partial charge on any atom is -0.497 e. The molecule has 2 aliphatic rings. The number of nitrogens with two attached hydrogens (primary N) is 1. The van der Waals surface area contributed by atoms with E-state index >= 15 is 0 Å². The maximum atomic E-state index is 13.5. The first-order valence-electron chi connectivity index (χ1n) is 10.3. The van der Waals surface area contributed by atoms with Crippen LogP contribution in [0.25, 0.3) is 0 Å². The van der Waals surface area contributed by atoms with Crippen LogP contribution in [0.4, 0.5) is 5.69 Å². The molecule has 162 valence electrons. The van der Waals surface area contributed by atoms with Crippen molar-refractivity contribution in [3.63, 3.8) is 0 Å². The molecule has 0 bridgehead atoms. The largest absolute Gasteiger partial charge is 0.497 e. The summed E-state index contributed by atoms with van der Waals surface area (Å²) in [7, 11) is 3.22. The van der Waals surface area contributed by atoms with E-state index in [9.17, 15) is 9.59 Å². The number of hydrogen-bond acceptors (Lipinski definition) is 6. The van der Waals surface area contributed by atoms with Crippen molar-refractivity contribution in [3.8, 4) is 11.5 Å². The number of primary amides is 1. The summed E-state index contributed by atoms with van der Waals surface area (Å²) in [5.41, 5.74) is 7.58. The highest BCUT2D eigenvalue weighted by Gasteiger charge is 2.40. The van der Waals surface area contributed by atoms with Crippen LogP contribution in [-0.2, 0) is 9.59 Å². The Morgan fingerprint density at radius 3 is 2.55 bits per heavy atom. The first-order valence-corrected chi connectivity index (χ1v) is 10.3. The van der Waals surface area contributed by atoms with Gasteiger partial charge in [-0.3, -0.25) is 14.6 Å². The fourth-order valence-corrected chi connectivity index (χ4v) is 4.28. The SMILES string of the molecule is COc1ccc(OC)c(C2CCCN2C(=O)C2=NN(c3ccccc3)C(C(N)=O)C2)c1. The number of amides is 2. The van der Waals surface area contributed by atoms with Crippen molar-refractivity contribution in [2.45, 2.75) is 31.3 Å². The van der Waals surface area contributed by atoms with E-state index in [4.69, 9.17) is 15.2 Å². The molecule has 2 aromatic rings. The summed E-state index contributed by atoms with van der Waals surface area (Å²) in [6, 6.07) is 14.0. The number of carbonyl (C=O) groups is 2. The van der Waals surface area contributed by atoms with E-state index in [-0.39, 0.29) is 18.4 Å². The number of hydrogen-bond donors (Lipinski definition) is 1. The number of rotatable bonds is 6. The van der Waals surface area contributed by atoms with Gasteiger partial charge in [-0.25, -0.2) is 0 Å². The zero-order valence-electron chi connectivity index (χ0n) is 17.7. The van der Waals surface area contributed by atoms with Gasteiger partial charge in [-0.15, -0.1) is 0 Å². The number of methoxy groups -OCH3 is 2. The van der Waals surface area contributed by atoms with Crippen LogP contribution >= 0.6 is 0 Å². The van der Waals surface area contributed by atoms with Crippen LogP contribution < -0.4 is 20.2 Å². The van der Waals surface area contributed by atoms with Crippen molar-refractivity contribution >= 4 is 23.2 Å². The molecule has 2 aromatic carbocycles. The Labute approximate surface area is 181 Å². The molecule has 8 nitrogen and oxygen atoms in total. The van der Waals surface area contributed by atoms with Gasteiger partial charge in [-0.2, -0.15) is 5.10 Å². The summed E-state index contributed by atoms with van der Waals surface area (Å²) in [4.78, 5) is 27.3. The van der Waals surface area contributed by atoms with Gasteiger partial charge in [0.2, 0.25) is 5.91 Å². The lowest BCUT2D eigenvalue weighted by Crippen LogP contribution is -2.40. The highest BCUT2D eigenvalue weighted by atomic mass is 16.5. The second-order valence-corrected chi connectivity index (χ2v) is 7.61. The molecule has 2 atom stereocenters. The fourth-order valence-electron chi connectivity index (χ4n) is 4.28. The van der Waals surface area contributed by atoms with Gasteiger partial charge in [0.05, 0.1) is 25.9 Å². The number of ether oxygens (including phenoxy) is 2. The van der Waals surface area contributed by atoms with Crippen LogP contribution in [0.15, 0.2) is 53.6 Å². The van der Waals surface area contributed by atoms with E-state index in [1.807, 2.05) is 53.4 Å². The van der Waals surface area contributed by atoms with Crippen LogP contribution in [0.3, 0.4) is 0 Å². The van der Waals surface area contributed by atoms with Gasteiger partial charge in [0.15, 0.2) is 0 Å². The lowest BCUT2D eigenvalue weighted by Gasteiger charge is -2.26. The monoisotopic (exact) mass is 422 g/mol. The summed E-state index contributed by atoms with van der Waals surface area (Å²) in [5.74, 6) is 0.719. The highest BCUT2D eigenvalue weighted by Crippen LogP contribution is 2.39. The lowest BCUT2D eigenvalue weighted by atomic mass is 10.0. The van der Waals surface area contributed by atoms with Gasteiger partial charge in [0.25, 0.3) is 5.91 Å². The van der Waals surface area contributed by atoms with Crippen LogP contribution in [0, 0.1) is 0 Å². The summed E-state index contributed by atoms with van der Waals surface area (Å²) in [6.45, 7) is 0.607. The molecular weight excluding hydrogens is 396 g/mol. The summed E-state index contributed by atoms with van der Waals surface area (Å²) >= 11 is 0. The Morgan fingerprint density at radius 2 is 1.87 bits per heavy atom. The van der Waals surface area contributed by atoms with Gasteiger partial charge in [-0.05, 0) is 43.2 Å². The number of hydrazone groups is 1. The molecule has 1 fully saturated rings. The average Bonchev–Trinajstić information content (AvgIpc) is 3.46. The van der Waals surface area contributed by atoms with Crippen molar-refractivity contribution < 1.29 is 19.1 Å². The molecule has 2 aliphatic heterocycles. The number of para-hydroxylation sites is 1. The zero-order chi connectivity index (χ0) is 22.0. The second-order valence-electron chi connectivity index (χ2n) is 7.61. The molecule has 2 heterocycles. The third-order valence-electron chi connectivity index (χ3n) is 5.82. The number of anilines is 1. The summed E-state index contributed by atoms with van der Waals surface area (Å²) in [5, 5.41) is 6.06. The van der Waals surface area contributed by atoms with E-state index < -0.39 is 11.9 Å². The molecular formula is C23H26N4O4. The summed E-state index contributed by atoms with van der Waals surface area (Å²) < 4.78 is 10.9. The van der Waals surface area contributed by atoms with Gasteiger partial charge >= 0.3 is 0 Å². The van der Waals surface area contributed by atoms with Gasteiger partial charge in [0.1, 0.15) is 23.3 Å². The Hall–Kier alpha value is -3.55. The predicted octanol–water partition coefficient (Wildman–Crippen LogP) is 2.49. The van der Waals surface area contributed by atoms with Crippen LogP contribution in [0.5, 0.6) is 11.5 Å². The molecule has 0 saturated carbocycles. The maximum absolute atomic E-state index is 13.5. The second kappa shape index (κ2) is 8.67. The number of nitrogens with zero attached hydrogens (tertiary/aromatic N) is 3. The van der Waals surface area contributed by atoms with Gasteiger partial charge in [0, 0.05) is 18.5 Å². The maximum Gasteiger partial charge on any atom is 0.270 e. The van der Waals surface area contributed by atoms with Crippen LogP contribution in [-0.4, -0.2) is 49.2 Å². The molecule has 4 rings (SSSR count). The molecule has 1 saturated heterocycles. The zero-order valence-corrected chi connectivity index (χ0v) is 17.7. The normalized spacial score (nSPS) is 20.5. The number of likely N-dealkylation sites (tertiary alicyclic amines) is 1. The topological polar surface area (TPSA) is 97.5 Å². The molecule has 8 heteroatoms. The molecule has 0 aliphatic carbocycles. The Kier molecular flexibility index (Phi) is 5.79. The Bertz CT molecular complexity index is 1010. The average molecular weight is 422 g/mol. The van der Waals surface area contributed by atoms with E-state index in [0.29, 0.717) is 23.8 Å². The molecule has 2 N–H and O–H groups in total. The van der Waals surface area contributed by atoms with Gasteiger partial charge < -0.3 is 20.1 Å². The fraction of sp³-hybridized carbons (Fsp3) is 0.348. The minimum atomic E-state index is -0.686. The van der Waals surface area contributed by atoms with Crippen LogP contribution in [0.1, 0.15) is 30.9 Å². The lowest BCUT2D eigenvalue weighted by molar-refractivity contribution is -0.125. The third-order valence-corrected chi connectivity index (χ3v) is 5.82. The number of carbonyl (C=O) groups excluding carboxylic acids is 2. The molecule has 0 spiro atoms. The van der Waals surface area contributed by atoms with Crippen molar-refractivity contribution in [1.29, 1.82) is 0 Å². The Balaban J connectivity index is 1.64. The standard InChI is InChI=1S/C23H26N4O4/c1-30-16-10-11-21(31-2)17(13-16)19-9-6-12-26(19)23(29)18-14-20(22(24)28)27(25-18)15-7-4-3-5-8-15/h3-5,7-8,10-11,13,19-20H,6,9,12,14H2,1-2H3,(H2,24,28). The summed E-state index contributed by atoms with van der Waals surface area (Å²) in [6.07, 6.45) is 1.86. The van der Waals surface area contributed by atoms with Crippen molar-refractivity contribution in [3.05, 3.63) is 54.1 Å². The highest BCUT2D eigenvalue weighted by molar-refractivity contribution is 6.40. The molecule has 2 unspecified atom stereocenters. The van der Waals surface area contributed by atoms with Crippen LogP contribution in [0.2, 0.25) is 0 Å². The van der Waals surface area contributed by atoms with Crippen molar-refractivity contribution in [1.82, 2.24) is 4.90 Å². The third kappa shape index (κ3) is 3.93. The van der Waals surface area contributed by atoms with Crippen molar-refractivity contribution in [2.24, 2.45) is 10.8 Å². The van der Waals surface area contributed by atoms with E-state index in [0.717, 1.165) is 24.1 Å². The first-order chi connectivity index (χ1) is 15.0. The van der Waals surface area contributed by atoms with E-state index in [1.165, 1.54) is 0 Å². The molecule has 0 aromatic heterocycles.